The van der Waals surface area contributed by atoms with E-state index in [9.17, 15) is 9.59 Å². The van der Waals surface area contributed by atoms with Gasteiger partial charge in [-0.3, -0.25) is 9.59 Å². The molecule has 2 amide bonds. The highest BCUT2D eigenvalue weighted by Crippen LogP contribution is 2.24. The molecule has 0 saturated heterocycles. The van der Waals surface area contributed by atoms with Crippen LogP contribution in [-0.2, 0) is 22.6 Å². The highest BCUT2D eigenvalue weighted by atomic mass is 35.5. The first kappa shape index (κ1) is 29.5. The van der Waals surface area contributed by atoms with Gasteiger partial charge in [0.15, 0.2) is 0 Å². The van der Waals surface area contributed by atoms with Gasteiger partial charge < -0.3 is 10.2 Å². The molecule has 0 heterocycles. The maximum absolute atomic E-state index is 13.8. The van der Waals surface area contributed by atoms with Crippen molar-refractivity contribution in [3.63, 3.8) is 0 Å². The molecule has 0 aromatic heterocycles. The first-order chi connectivity index (χ1) is 19.0. The van der Waals surface area contributed by atoms with Crippen LogP contribution in [0.5, 0.6) is 0 Å². The fraction of sp³-hybridized carbons (Fsp3) is 0.375. The predicted molar refractivity (Wildman–Crippen MR) is 162 cm³/mol. The highest BCUT2D eigenvalue weighted by Gasteiger charge is 2.31. The van der Waals surface area contributed by atoms with Crippen molar-refractivity contribution in [1.29, 1.82) is 0 Å². The summed E-state index contributed by atoms with van der Waals surface area (Å²) in [5, 5.41) is 4.65. The molecule has 206 valence electrons. The molecule has 3 aromatic rings. The molecule has 1 unspecified atom stereocenters. The van der Waals surface area contributed by atoms with Crippen LogP contribution in [0.1, 0.15) is 56.1 Å². The molecule has 0 aliphatic heterocycles. The molecule has 1 saturated carbocycles. The molecular formula is C32H36Cl2N2O2S. The number of amides is 2. The number of rotatable bonds is 12. The van der Waals surface area contributed by atoms with Crippen LogP contribution in [-0.4, -0.2) is 34.6 Å². The third-order valence-corrected chi connectivity index (χ3v) is 8.71. The van der Waals surface area contributed by atoms with E-state index in [-0.39, 0.29) is 17.9 Å². The van der Waals surface area contributed by atoms with Crippen molar-refractivity contribution < 1.29 is 9.59 Å². The molecule has 1 aliphatic carbocycles. The number of thioether (sulfide) groups is 1. The molecule has 1 fully saturated rings. The highest BCUT2D eigenvalue weighted by molar-refractivity contribution is 7.99. The molecule has 3 aromatic carbocycles. The zero-order valence-electron chi connectivity index (χ0n) is 22.2. The monoisotopic (exact) mass is 582 g/mol. The summed E-state index contributed by atoms with van der Waals surface area (Å²) in [6, 6.07) is 24.8. The summed E-state index contributed by atoms with van der Waals surface area (Å²) in [7, 11) is 0. The molecular weight excluding hydrogens is 547 g/mol. The lowest BCUT2D eigenvalue weighted by molar-refractivity contribution is -0.141. The Morgan fingerprint density at radius 2 is 1.49 bits per heavy atom. The second kappa shape index (κ2) is 15.4. The average Bonchev–Trinajstić information content (AvgIpc) is 2.96. The molecule has 0 bridgehead atoms. The quantitative estimate of drug-likeness (QED) is 0.174. The number of nitrogens with zero attached hydrogens (tertiary/aromatic N) is 1. The number of carbonyl (C=O) groups is 2. The lowest BCUT2D eigenvalue weighted by Crippen LogP contribution is -2.52. The van der Waals surface area contributed by atoms with Crippen LogP contribution >= 0.6 is 35.0 Å². The normalized spacial score (nSPS) is 14.5. The fourth-order valence-electron chi connectivity index (χ4n) is 4.97. The van der Waals surface area contributed by atoms with E-state index < -0.39 is 6.04 Å². The Labute approximate surface area is 246 Å². The van der Waals surface area contributed by atoms with E-state index >= 15 is 0 Å². The molecule has 4 nitrogen and oxygen atoms in total. The van der Waals surface area contributed by atoms with Crippen molar-refractivity contribution in [2.75, 3.05) is 5.75 Å². The van der Waals surface area contributed by atoms with E-state index in [0.29, 0.717) is 35.9 Å². The van der Waals surface area contributed by atoms with Crippen molar-refractivity contribution in [2.45, 2.75) is 74.9 Å². The maximum Gasteiger partial charge on any atom is 0.243 e. The van der Waals surface area contributed by atoms with Gasteiger partial charge in [0.2, 0.25) is 11.8 Å². The lowest BCUT2D eigenvalue weighted by atomic mass is 9.94. The summed E-state index contributed by atoms with van der Waals surface area (Å²) < 4.78 is 0. The Bertz CT molecular complexity index is 1180. The van der Waals surface area contributed by atoms with Gasteiger partial charge in [0.05, 0.1) is 0 Å². The van der Waals surface area contributed by atoms with Crippen LogP contribution in [0.3, 0.4) is 0 Å². The third-order valence-electron chi connectivity index (χ3n) is 7.11. The molecule has 1 N–H and O–H groups in total. The fourth-order valence-corrected chi connectivity index (χ4v) is 6.08. The van der Waals surface area contributed by atoms with Crippen molar-refractivity contribution >= 4 is 46.8 Å². The van der Waals surface area contributed by atoms with Crippen LogP contribution in [0.15, 0.2) is 83.8 Å². The van der Waals surface area contributed by atoms with Gasteiger partial charge in [0.25, 0.3) is 0 Å². The van der Waals surface area contributed by atoms with E-state index in [1.165, 1.54) is 6.42 Å². The van der Waals surface area contributed by atoms with E-state index in [2.05, 4.69) is 5.32 Å². The third kappa shape index (κ3) is 9.59. The molecule has 4 rings (SSSR count). The SMILES string of the molecule is O=C(NC1CCCCC1)C(Cc1ccccc1)N(Cc1ccc(Cl)cc1)C(=O)CCCSc1ccc(Cl)cc1. The van der Waals surface area contributed by atoms with Crippen molar-refractivity contribution in [2.24, 2.45) is 0 Å². The molecule has 7 heteroatoms. The minimum Gasteiger partial charge on any atom is -0.352 e. The zero-order valence-corrected chi connectivity index (χ0v) is 24.5. The van der Waals surface area contributed by atoms with Gasteiger partial charge in [-0.15, -0.1) is 11.8 Å². The van der Waals surface area contributed by atoms with Crippen LogP contribution in [0.25, 0.3) is 0 Å². The van der Waals surface area contributed by atoms with Gasteiger partial charge >= 0.3 is 0 Å². The molecule has 0 radical (unpaired) electrons. The summed E-state index contributed by atoms with van der Waals surface area (Å²) in [6.45, 7) is 0.357. The second-order valence-corrected chi connectivity index (χ2v) is 12.1. The number of halogens is 2. The Balaban J connectivity index is 1.51. The largest absolute Gasteiger partial charge is 0.352 e. The number of hydrogen-bond acceptors (Lipinski definition) is 3. The topological polar surface area (TPSA) is 49.4 Å². The molecule has 0 spiro atoms. The first-order valence-electron chi connectivity index (χ1n) is 13.7. The summed E-state index contributed by atoms with van der Waals surface area (Å²) in [6.07, 6.45) is 7.03. The van der Waals surface area contributed by atoms with Gasteiger partial charge in [-0.25, -0.2) is 0 Å². The predicted octanol–water partition coefficient (Wildman–Crippen LogP) is 7.95. The van der Waals surface area contributed by atoms with Crippen molar-refractivity contribution in [3.05, 3.63) is 100 Å². The van der Waals surface area contributed by atoms with E-state index in [0.717, 1.165) is 47.5 Å². The van der Waals surface area contributed by atoms with Crippen molar-refractivity contribution in [3.8, 4) is 0 Å². The van der Waals surface area contributed by atoms with E-state index in [1.54, 1.807) is 16.7 Å². The maximum atomic E-state index is 13.8. The minimum atomic E-state index is -0.596. The molecule has 39 heavy (non-hydrogen) atoms. The van der Waals surface area contributed by atoms with Gasteiger partial charge in [-0.05, 0) is 72.5 Å². The van der Waals surface area contributed by atoms with E-state index in [4.69, 9.17) is 23.2 Å². The smallest absolute Gasteiger partial charge is 0.243 e. The summed E-state index contributed by atoms with van der Waals surface area (Å²) in [4.78, 5) is 30.5. The Hall–Kier alpha value is -2.47. The standard InChI is InChI=1S/C32H36Cl2N2O2S/c33-26-15-13-25(14-16-26)23-36(31(37)12-7-21-39-29-19-17-27(34)18-20-29)30(22-24-8-3-1-4-9-24)32(38)35-28-10-5-2-6-11-28/h1,3-4,8-9,13-20,28,30H,2,5-7,10-12,21-23H2,(H,35,38). The Morgan fingerprint density at radius 3 is 2.15 bits per heavy atom. The first-order valence-corrected chi connectivity index (χ1v) is 15.5. The second-order valence-electron chi connectivity index (χ2n) is 10.1. The minimum absolute atomic E-state index is 0.0126. The Morgan fingerprint density at radius 1 is 0.846 bits per heavy atom. The number of carbonyl (C=O) groups excluding carboxylic acids is 2. The Kier molecular flexibility index (Phi) is 11.6. The average molecular weight is 584 g/mol. The lowest BCUT2D eigenvalue weighted by Gasteiger charge is -2.33. The number of nitrogens with one attached hydrogen (secondary N) is 1. The van der Waals surface area contributed by atoms with Gasteiger partial charge in [-0.1, -0.05) is 84.9 Å². The van der Waals surface area contributed by atoms with Crippen LogP contribution < -0.4 is 5.32 Å². The molecule has 1 atom stereocenters. The number of hydrogen-bond donors (Lipinski definition) is 1. The van der Waals surface area contributed by atoms with Gasteiger partial charge in [-0.2, -0.15) is 0 Å². The summed E-state index contributed by atoms with van der Waals surface area (Å²) in [5.74, 6) is 0.727. The van der Waals surface area contributed by atoms with Gasteiger partial charge in [0, 0.05) is 40.4 Å². The zero-order chi connectivity index (χ0) is 27.5. The van der Waals surface area contributed by atoms with Crippen LogP contribution in [0, 0.1) is 0 Å². The summed E-state index contributed by atoms with van der Waals surface area (Å²) in [5.41, 5.74) is 1.99. The summed E-state index contributed by atoms with van der Waals surface area (Å²) >= 11 is 13.8. The molecule has 1 aliphatic rings. The van der Waals surface area contributed by atoms with Crippen LogP contribution in [0.2, 0.25) is 10.0 Å². The van der Waals surface area contributed by atoms with Gasteiger partial charge in [0.1, 0.15) is 6.04 Å². The number of benzene rings is 3. The van der Waals surface area contributed by atoms with Crippen LogP contribution in [0.4, 0.5) is 0 Å². The van der Waals surface area contributed by atoms with E-state index in [1.807, 2.05) is 78.9 Å². The van der Waals surface area contributed by atoms with Crippen molar-refractivity contribution in [1.82, 2.24) is 10.2 Å².